The molecule has 2 N–H and O–H groups in total. The molecule has 1 fully saturated rings. The summed E-state index contributed by atoms with van der Waals surface area (Å²) in [5, 5.41) is 0.640. The maximum Gasteiger partial charge on any atom is 0.146 e. The van der Waals surface area contributed by atoms with Crippen LogP contribution in [0.1, 0.15) is 0 Å². The van der Waals surface area contributed by atoms with Crippen molar-refractivity contribution >= 4 is 28.7 Å². The molecule has 2 aromatic rings. The van der Waals surface area contributed by atoms with Crippen LogP contribution in [0.5, 0.6) is 0 Å². The number of para-hydroxylation sites is 1. The van der Waals surface area contributed by atoms with E-state index in [4.69, 9.17) is 17.3 Å². The summed E-state index contributed by atoms with van der Waals surface area (Å²) in [7, 11) is 0. The highest BCUT2D eigenvalue weighted by Gasteiger charge is 2.20. The quantitative estimate of drug-likeness (QED) is 0.863. The lowest BCUT2D eigenvalue weighted by Gasteiger charge is -2.37. The Morgan fingerprint density at radius 1 is 0.905 bits per heavy atom. The summed E-state index contributed by atoms with van der Waals surface area (Å²) in [6.45, 7) is 3.15. The Kier molecular flexibility index (Phi) is 3.88. The van der Waals surface area contributed by atoms with Gasteiger partial charge in [0.05, 0.1) is 17.1 Å². The Labute approximate surface area is 128 Å². The molecule has 0 bridgehead atoms. The number of hydrogen-bond acceptors (Lipinski definition) is 3. The van der Waals surface area contributed by atoms with E-state index in [1.54, 1.807) is 12.1 Å². The molecule has 0 amide bonds. The molecular weight excluding hydrogens is 289 g/mol. The summed E-state index contributed by atoms with van der Waals surface area (Å²) < 4.78 is 13.8. The van der Waals surface area contributed by atoms with Crippen molar-refractivity contribution in [3.8, 4) is 0 Å². The minimum atomic E-state index is -0.169. The summed E-state index contributed by atoms with van der Waals surface area (Å²) >= 11 is 5.93. The Morgan fingerprint density at radius 2 is 1.52 bits per heavy atom. The SMILES string of the molecule is Nc1cc(Cl)ccc1N1CCN(c2ccccc2F)CC1. The second-order valence-electron chi connectivity index (χ2n) is 5.13. The highest BCUT2D eigenvalue weighted by molar-refractivity contribution is 6.31. The molecule has 21 heavy (non-hydrogen) atoms. The summed E-state index contributed by atoms with van der Waals surface area (Å²) in [5.74, 6) is -0.169. The van der Waals surface area contributed by atoms with Crippen molar-refractivity contribution in [2.24, 2.45) is 0 Å². The molecule has 110 valence electrons. The van der Waals surface area contributed by atoms with Gasteiger partial charge in [-0.15, -0.1) is 0 Å². The summed E-state index contributed by atoms with van der Waals surface area (Å²) in [6.07, 6.45) is 0. The van der Waals surface area contributed by atoms with Crippen molar-refractivity contribution in [1.29, 1.82) is 0 Å². The van der Waals surface area contributed by atoms with E-state index in [2.05, 4.69) is 9.80 Å². The van der Waals surface area contributed by atoms with E-state index in [1.165, 1.54) is 6.07 Å². The van der Waals surface area contributed by atoms with Crippen LogP contribution in [-0.4, -0.2) is 26.2 Å². The lowest BCUT2D eigenvalue weighted by atomic mass is 10.2. The Hall–Kier alpha value is -1.94. The largest absolute Gasteiger partial charge is 0.397 e. The van der Waals surface area contributed by atoms with Crippen LogP contribution in [0, 0.1) is 5.82 Å². The molecule has 0 spiro atoms. The lowest BCUT2D eigenvalue weighted by Crippen LogP contribution is -2.47. The predicted octanol–water partition coefficient (Wildman–Crippen LogP) is 3.39. The summed E-state index contributed by atoms with van der Waals surface area (Å²) in [4.78, 5) is 4.28. The monoisotopic (exact) mass is 305 g/mol. The smallest absolute Gasteiger partial charge is 0.146 e. The van der Waals surface area contributed by atoms with E-state index in [0.29, 0.717) is 16.4 Å². The van der Waals surface area contributed by atoms with Gasteiger partial charge in [-0.25, -0.2) is 4.39 Å². The third-order valence-electron chi connectivity index (χ3n) is 3.80. The Morgan fingerprint density at radius 3 is 2.14 bits per heavy atom. The van der Waals surface area contributed by atoms with Crippen molar-refractivity contribution in [2.45, 2.75) is 0 Å². The molecule has 1 heterocycles. The zero-order valence-corrected chi connectivity index (χ0v) is 12.4. The van der Waals surface area contributed by atoms with Crippen LogP contribution in [0.4, 0.5) is 21.5 Å². The molecule has 3 nitrogen and oxygen atoms in total. The molecule has 0 aliphatic carbocycles. The molecule has 0 atom stereocenters. The molecule has 0 unspecified atom stereocenters. The van der Waals surface area contributed by atoms with E-state index in [9.17, 15) is 4.39 Å². The van der Waals surface area contributed by atoms with Crippen molar-refractivity contribution in [1.82, 2.24) is 0 Å². The predicted molar refractivity (Wildman–Crippen MR) is 86.7 cm³/mol. The van der Waals surface area contributed by atoms with Gasteiger partial charge in [0.15, 0.2) is 0 Å². The van der Waals surface area contributed by atoms with Crippen LogP contribution in [0.3, 0.4) is 0 Å². The molecule has 0 saturated carbocycles. The normalized spacial score (nSPS) is 15.3. The van der Waals surface area contributed by atoms with Crippen LogP contribution >= 0.6 is 11.6 Å². The van der Waals surface area contributed by atoms with E-state index in [0.717, 1.165) is 31.9 Å². The zero-order valence-electron chi connectivity index (χ0n) is 11.6. The standard InChI is InChI=1S/C16H17ClFN3/c17-12-5-6-16(14(19)11-12)21-9-7-20(8-10-21)15-4-2-1-3-13(15)18/h1-6,11H,7-10,19H2. The number of hydrogen-bond donors (Lipinski definition) is 1. The van der Waals surface area contributed by atoms with Crippen LogP contribution in [-0.2, 0) is 0 Å². The molecule has 2 aromatic carbocycles. The van der Waals surface area contributed by atoms with Gasteiger partial charge in [-0.3, -0.25) is 0 Å². The van der Waals surface area contributed by atoms with Gasteiger partial charge < -0.3 is 15.5 Å². The van der Waals surface area contributed by atoms with Crippen LogP contribution in [0.25, 0.3) is 0 Å². The molecule has 1 aliphatic rings. The molecule has 3 rings (SSSR count). The molecule has 0 aromatic heterocycles. The zero-order chi connectivity index (χ0) is 14.8. The van der Waals surface area contributed by atoms with Crippen LogP contribution in [0.2, 0.25) is 5.02 Å². The number of piperazine rings is 1. The highest BCUT2D eigenvalue weighted by atomic mass is 35.5. The first kappa shape index (κ1) is 14.0. The fourth-order valence-corrected chi connectivity index (χ4v) is 2.89. The number of benzene rings is 2. The van der Waals surface area contributed by atoms with E-state index in [-0.39, 0.29) is 5.82 Å². The molecular formula is C16H17ClFN3. The number of rotatable bonds is 2. The molecule has 1 aliphatic heterocycles. The van der Waals surface area contributed by atoms with Crippen LogP contribution in [0.15, 0.2) is 42.5 Å². The first-order valence-electron chi connectivity index (χ1n) is 6.94. The van der Waals surface area contributed by atoms with Crippen molar-refractivity contribution < 1.29 is 4.39 Å². The lowest BCUT2D eigenvalue weighted by molar-refractivity contribution is 0.598. The third kappa shape index (κ3) is 2.90. The second kappa shape index (κ2) is 5.82. The summed E-state index contributed by atoms with van der Waals surface area (Å²) in [6, 6.07) is 12.4. The van der Waals surface area contributed by atoms with Gasteiger partial charge in [0.1, 0.15) is 5.82 Å². The molecule has 1 saturated heterocycles. The number of halogens is 2. The average molecular weight is 306 g/mol. The van der Waals surface area contributed by atoms with Crippen molar-refractivity contribution in [3.05, 3.63) is 53.3 Å². The van der Waals surface area contributed by atoms with E-state index < -0.39 is 0 Å². The summed E-state index contributed by atoms with van der Waals surface area (Å²) in [5.41, 5.74) is 8.37. The topological polar surface area (TPSA) is 32.5 Å². The fourth-order valence-electron chi connectivity index (χ4n) is 2.71. The van der Waals surface area contributed by atoms with Gasteiger partial charge >= 0.3 is 0 Å². The molecule has 0 radical (unpaired) electrons. The minimum absolute atomic E-state index is 0.169. The van der Waals surface area contributed by atoms with Gasteiger partial charge in [-0.1, -0.05) is 23.7 Å². The maximum absolute atomic E-state index is 13.8. The fraction of sp³-hybridized carbons (Fsp3) is 0.250. The Balaban J connectivity index is 1.72. The first-order valence-corrected chi connectivity index (χ1v) is 7.32. The van der Waals surface area contributed by atoms with Gasteiger partial charge in [-0.2, -0.15) is 0 Å². The number of nitrogens with two attached hydrogens (primary N) is 1. The highest BCUT2D eigenvalue weighted by Crippen LogP contribution is 2.28. The second-order valence-corrected chi connectivity index (χ2v) is 5.57. The number of anilines is 3. The molecule has 5 heteroatoms. The first-order chi connectivity index (χ1) is 10.1. The van der Waals surface area contributed by atoms with E-state index >= 15 is 0 Å². The Bertz CT molecular complexity index is 639. The number of nitrogens with zero attached hydrogens (tertiary/aromatic N) is 2. The number of nitrogen functional groups attached to an aromatic ring is 1. The van der Waals surface area contributed by atoms with Gasteiger partial charge in [0, 0.05) is 31.2 Å². The average Bonchev–Trinajstić information content (AvgIpc) is 2.48. The van der Waals surface area contributed by atoms with Crippen LogP contribution < -0.4 is 15.5 Å². The van der Waals surface area contributed by atoms with Gasteiger partial charge in [0.2, 0.25) is 0 Å². The minimum Gasteiger partial charge on any atom is -0.397 e. The van der Waals surface area contributed by atoms with Crippen molar-refractivity contribution in [3.63, 3.8) is 0 Å². The van der Waals surface area contributed by atoms with Crippen molar-refractivity contribution in [2.75, 3.05) is 41.7 Å². The van der Waals surface area contributed by atoms with Gasteiger partial charge in [-0.05, 0) is 30.3 Å². The van der Waals surface area contributed by atoms with E-state index in [1.807, 2.05) is 24.3 Å². The van der Waals surface area contributed by atoms with Gasteiger partial charge in [0.25, 0.3) is 0 Å². The maximum atomic E-state index is 13.8. The third-order valence-corrected chi connectivity index (χ3v) is 4.04.